The fourth-order valence-electron chi connectivity index (χ4n) is 3.81. The number of piperidine rings is 1. The highest BCUT2D eigenvalue weighted by molar-refractivity contribution is 5.47. The second-order valence-electron chi connectivity index (χ2n) is 7.27. The lowest BCUT2D eigenvalue weighted by Crippen LogP contribution is -2.38. The van der Waals surface area contributed by atoms with Gasteiger partial charge in [0.25, 0.3) is 0 Å². The average Bonchev–Trinajstić information content (AvgIpc) is 3.20. The standard InChI is InChI=1S/C18H23N7O/c1-13-15(19-12-26-13)11-23-9-5-14(6-10-23)18-21-20-16-3-4-17(22-25(16)18)24-7-2-8-24/h3-4,12,14H,2,5-11H2,1H3. The number of aromatic nitrogens is 5. The molecule has 8 nitrogen and oxygen atoms in total. The van der Waals surface area contributed by atoms with Gasteiger partial charge in [-0.25, -0.2) is 4.98 Å². The van der Waals surface area contributed by atoms with Gasteiger partial charge in [0.15, 0.2) is 17.9 Å². The van der Waals surface area contributed by atoms with Crippen LogP contribution in [0.4, 0.5) is 5.82 Å². The van der Waals surface area contributed by atoms with Crippen molar-refractivity contribution in [3.8, 4) is 0 Å². The fraction of sp³-hybridized carbons (Fsp3) is 0.556. The number of oxazole rings is 1. The number of hydrogen-bond donors (Lipinski definition) is 0. The van der Waals surface area contributed by atoms with Gasteiger partial charge in [0, 0.05) is 25.6 Å². The first-order chi connectivity index (χ1) is 12.8. The van der Waals surface area contributed by atoms with E-state index in [1.54, 1.807) is 0 Å². The normalized spacial score (nSPS) is 19.2. The maximum atomic E-state index is 5.31. The van der Waals surface area contributed by atoms with Crippen molar-refractivity contribution < 1.29 is 4.42 Å². The van der Waals surface area contributed by atoms with Crippen molar-refractivity contribution in [1.82, 2.24) is 29.7 Å². The molecule has 136 valence electrons. The van der Waals surface area contributed by atoms with Gasteiger partial charge in [-0.3, -0.25) is 4.90 Å². The second kappa shape index (κ2) is 6.35. The number of likely N-dealkylation sites (tertiary alicyclic amines) is 1. The monoisotopic (exact) mass is 353 g/mol. The number of fused-ring (bicyclic) bond motifs is 1. The number of hydrogen-bond acceptors (Lipinski definition) is 7. The van der Waals surface area contributed by atoms with E-state index in [0.29, 0.717) is 5.92 Å². The topological polar surface area (TPSA) is 75.6 Å². The Labute approximate surface area is 151 Å². The van der Waals surface area contributed by atoms with Crippen molar-refractivity contribution in [3.63, 3.8) is 0 Å². The quantitative estimate of drug-likeness (QED) is 0.710. The molecule has 0 aromatic carbocycles. The molecule has 2 saturated heterocycles. The molecule has 0 unspecified atom stereocenters. The van der Waals surface area contributed by atoms with Gasteiger partial charge in [0.05, 0.1) is 5.69 Å². The maximum absolute atomic E-state index is 5.31. The minimum Gasteiger partial charge on any atom is -0.448 e. The third kappa shape index (κ3) is 2.74. The summed E-state index contributed by atoms with van der Waals surface area (Å²) < 4.78 is 7.26. The first-order valence-electron chi connectivity index (χ1n) is 9.36. The molecule has 8 heteroatoms. The van der Waals surface area contributed by atoms with Crippen LogP contribution in [-0.2, 0) is 6.54 Å². The largest absolute Gasteiger partial charge is 0.448 e. The molecule has 0 N–H and O–H groups in total. The molecule has 5 heterocycles. The van der Waals surface area contributed by atoms with E-state index in [4.69, 9.17) is 9.52 Å². The highest BCUT2D eigenvalue weighted by Crippen LogP contribution is 2.28. The van der Waals surface area contributed by atoms with Crippen molar-refractivity contribution in [2.75, 3.05) is 31.1 Å². The lowest BCUT2D eigenvalue weighted by molar-refractivity contribution is 0.198. The Morgan fingerprint density at radius 3 is 2.65 bits per heavy atom. The molecule has 2 fully saturated rings. The van der Waals surface area contributed by atoms with Crippen molar-refractivity contribution >= 4 is 11.5 Å². The van der Waals surface area contributed by atoms with Crippen LogP contribution in [0, 0.1) is 6.92 Å². The summed E-state index contributed by atoms with van der Waals surface area (Å²) in [6.07, 6.45) is 4.90. The van der Waals surface area contributed by atoms with Crippen LogP contribution >= 0.6 is 0 Å². The van der Waals surface area contributed by atoms with E-state index < -0.39 is 0 Å². The van der Waals surface area contributed by atoms with Crippen LogP contribution in [-0.4, -0.2) is 55.9 Å². The summed E-state index contributed by atoms with van der Waals surface area (Å²) in [6.45, 7) is 7.06. The van der Waals surface area contributed by atoms with Crippen molar-refractivity contribution in [1.29, 1.82) is 0 Å². The molecule has 5 rings (SSSR count). The molecule has 2 aliphatic rings. The van der Waals surface area contributed by atoms with Gasteiger partial charge < -0.3 is 9.32 Å². The highest BCUT2D eigenvalue weighted by Gasteiger charge is 2.26. The zero-order valence-corrected chi connectivity index (χ0v) is 15.0. The van der Waals surface area contributed by atoms with Crippen LogP contribution in [0.25, 0.3) is 5.65 Å². The second-order valence-corrected chi connectivity index (χ2v) is 7.27. The third-order valence-corrected chi connectivity index (χ3v) is 5.62. The first-order valence-corrected chi connectivity index (χ1v) is 9.36. The zero-order chi connectivity index (χ0) is 17.5. The molecule has 0 spiro atoms. The number of rotatable bonds is 4. The summed E-state index contributed by atoms with van der Waals surface area (Å²) in [5, 5.41) is 13.6. The molecule has 26 heavy (non-hydrogen) atoms. The van der Waals surface area contributed by atoms with Crippen molar-refractivity contribution in [2.24, 2.45) is 0 Å². The van der Waals surface area contributed by atoms with Gasteiger partial charge in [0.2, 0.25) is 0 Å². The smallest absolute Gasteiger partial charge is 0.181 e. The summed E-state index contributed by atoms with van der Waals surface area (Å²) in [5.74, 6) is 3.35. The van der Waals surface area contributed by atoms with E-state index in [9.17, 15) is 0 Å². The van der Waals surface area contributed by atoms with E-state index >= 15 is 0 Å². The van der Waals surface area contributed by atoms with Crippen molar-refractivity contribution in [3.05, 3.63) is 35.8 Å². The molecule has 0 bridgehead atoms. The van der Waals surface area contributed by atoms with Crippen LogP contribution in [0.3, 0.4) is 0 Å². The summed E-state index contributed by atoms with van der Waals surface area (Å²) >= 11 is 0. The highest BCUT2D eigenvalue weighted by atomic mass is 16.3. The Hall–Kier alpha value is -2.48. The molecule has 3 aromatic rings. The Balaban J connectivity index is 1.31. The van der Waals surface area contributed by atoms with Gasteiger partial charge in [-0.15, -0.1) is 15.3 Å². The SMILES string of the molecule is Cc1ocnc1CN1CCC(c2nnc3ccc(N4CCC4)nn23)CC1. The molecule has 0 saturated carbocycles. The first kappa shape index (κ1) is 15.7. The number of aryl methyl sites for hydroxylation is 1. The average molecular weight is 353 g/mol. The predicted octanol–water partition coefficient (Wildman–Crippen LogP) is 2.01. The maximum Gasteiger partial charge on any atom is 0.181 e. The van der Waals surface area contributed by atoms with Crippen LogP contribution in [0.1, 0.15) is 42.5 Å². The zero-order valence-electron chi connectivity index (χ0n) is 15.0. The lowest BCUT2D eigenvalue weighted by Gasteiger charge is -2.32. The number of nitrogens with zero attached hydrogens (tertiary/aromatic N) is 7. The summed E-state index contributed by atoms with van der Waals surface area (Å²) in [4.78, 5) is 9.04. The van der Waals surface area contributed by atoms with Gasteiger partial charge in [-0.2, -0.15) is 4.52 Å². The van der Waals surface area contributed by atoms with E-state index in [0.717, 1.165) is 74.3 Å². The van der Waals surface area contributed by atoms with Crippen molar-refractivity contribution in [2.45, 2.75) is 38.6 Å². The van der Waals surface area contributed by atoms with E-state index in [1.165, 1.54) is 12.8 Å². The summed E-state index contributed by atoms with van der Waals surface area (Å²) in [6, 6.07) is 4.08. The summed E-state index contributed by atoms with van der Waals surface area (Å²) in [7, 11) is 0. The van der Waals surface area contributed by atoms with Crippen LogP contribution in [0.2, 0.25) is 0 Å². The van der Waals surface area contributed by atoms with E-state index in [-0.39, 0.29) is 0 Å². The Bertz CT molecular complexity index is 905. The molecule has 0 amide bonds. The van der Waals surface area contributed by atoms with E-state index in [2.05, 4.69) is 31.0 Å². The molecular formula is C18H23N7O. The Morgan fingerprint density at radius 1 is 1.12 bits per heavy atom. The molecular weight excluding hydrogens is 330 g/mol. The molecule has 3 aromatic heterocycles. The van der Waals surface area contributed by atoms with Crippen LogP contribution in [0.5, 0.6) is 0 Å². The van der Waals surface area contributed by atoms with Gasteiger partial charge in [-0.05, 0) is 51.4 Å². The molecule has 2 aliphatic heterocycles. The summed E-state index contributed by atoms with van der Waals surface area (Å²) in [5.41, 5.74) is 1.88. The molecule has 0 radical (unpaired) electrons. The van der Waals surface area contributed by atoms with Crippen LogP contribution < -0.4 is 4.90 Å². The number of anilines is 1. The lowest BCUT2D eigenvalue weighted by atomic mass is 9.96. The minimum absolute atomic E-state index is 0.402. The predicted molar refractivity (Wildman–Crippen MR) is 96.1 cm³/mol. The van der Waals surface area contributed by atoms with Crippen LogP contribution in [0.15, 0.2) is 22.9 Å². The van der Waals surface area contributed by atoms with E-state index in [1.807, 2.05) is 17.5 Å². The van der Waals surface area contributed by atoms with Gasteiger partial charge in [-0.1, -0.05) is 0 Å². The van der Waals surface area contributed by atoms with Gasteiger partial charge in [0.1, 0.15) is 11.6 Å². The minimum atomic E-state index is 0.402. The fourth-order valence-corrected chi connectivity index (χ4v) is 3.81. The van der Waals surface area contributed by atoms with Gasteiger partial charge >= 0.3 is 0 Å². The third-order valence-electron chi connectivity index (χ3n) is 5.62. The Kier molecular flexibility index (Phi) is 3.85. The molecule has 0 aliphatic carbocycles. The molecule has 0 atom stereocenters. The Morgan fingerprint density at radius 2 is 1.96 bits per heavy atom.